The second kappa shape index (κ2) is 7.21. The van der Waals surface area contributed by atoms with Gasteiger partial charge in [-0.05, 0) is 42.7 Å². The summed E-state index contributed by atoms with van der Waals surface area (Å²) in [6, 6.07) is 17.8. The van der Waals surface area contributed by atoms with E-state index in [0.717, 1.165) is 40.4 Å². The Kier molecular flexibility index (Phi) is 4.85. The fraction of sp³-hybridized carbons (Fsp3) is 0.250. The number of anilines is 1. The third-order valence-corrected chi connectivity index (χ3v) is 3.89. The molecule has 0 unspecified atom stereocenters. The number of benzene rings is 2. The van der Waals surface area contributed by atoms with Crippen molar-refractivity contribution in [2.75, 3.05) is 12.3 Å². The van der Waals surface area contributed by atoms with Crippen LogP contribution in [0.2, 0.25) is 0 Å². The van der Waals surface area contributed by atoms with E-state index in [9.17, 15) is 0 Å². The zero-order chi connectivity index (χ0) is 16.9. The van der Waals surface area contributed by atoms with Crippen LogP contribution in [0.5, 0.6) is 5.75 Å². The van der Waals surface area contributed by atoms with Gasteiger partial charge in [-0.1, -0.05) is 38.1 Å². The Morgan fingerprint density at radius 2 is 1.92 bits per heavy atom. The number of aromatic nitrogens is 2. The lowest BCUT2D eigenvalue weighted by atomic mass is 10.1. The molecule has 0 fully saturated rings. The first-order chi connectivity index (χ1) is 11.6. The number of aromatic amines is 1. The summed E-state index contributed by atoms with van der Waals surface area (Å²) >= 11 is 0. The smallest absolute Gasteiger partial charge is 0.128 e. The van der Waals surface area contributed by atoms with E-state index in [4.69, 9.17) is 10.5 Å². The molecule has 4 heteroatoms. The molecule has 0 aliphatic carbocycles. The highest BCUT2D eigenvalue weighted by Crippen LogP contribution is 2.31. The van der Waals surface area contributed by atoms with Crippen molar-refractivity contribution in [1.29, 1.82) is 0 Å². The minimum atomic E-state index is 0.624. The van der Waals surface area contributed by atoms with Gasteiger partial charge in [0.15, 0.2) is 0 Å². The van der Waals surface area contributed by atoms with Gasteiger partial charge in [0.25, 0.3) is 0 Å². The number of ether oxygens (including phenoxy) is 1. The van der Waals surface area contributed by atoms with E-state index in [1.54, 1.807) is 0 Å². The topological polar surface area (TPSA) is 63.9 Å². The molecule has 1 heterocycles. The lowest BCUT2D eigenvalue weighted by Crippen LogP contribution is -2.02. The van der Waals surface area contributed by atoms with Crippen LogP contribution in [-0.2, 0) is 0 Å². The molecule has 1 aromatic heterocycles. The van der Waals surface area contributed by atoms with E-state index >= 15 is 0 Å². The van der Waals surface area contributed by atoms with E-state index in [2.05, 4.69) is 24.0 Å². The zero-order valence-electron chi connectivity index (χ0n) is 14.1. The van der Waals surface area contributed by atoms with Crippen LogP contribution in [0.25, 0.3) is 22.5 Å². The molecule has 124 valence electrons. The molecule has 24 heavy (non-hydrogen) atoms. The minimum Gasteiger partial charge on any atom is -0.493 e. The van der Waals surface area contributed by atoms with E-state index in [-0.39, 0.29) is 0 Å². The number of nitrogens with two attached hydrogens (primary N) is 1. The molecule has 4 nitrogen and oxygen atoms in total. The van der Waals surface area contributed by atoms with Crippen molar-refractivity contribution in [3.8, 4) is 28.3 Å². The summed E-state index contributed by atoms with van der Waals surface area (Å²) in [7, 11) is 0. The van der Waals surface area contributed by atoms with E-state index in [1.165, 1.54) is 0 Å². The highest BCUT2D eigenvalue weighted by molar-refractivity contribution is 5.73. The number of nitrogen functional groups attached to an aromatic ring is 1. The van der Waals surface area contributed by atoms with E-state index in [0.29, 0.717) is 12.5 Å². The Morgan fingerprint density at radius 3 is 2.71 bits per heavy atom. The van der Waals surface area contributed by atoms with Crippen molar-refractivity contribution < 1.29 is 4.74 Å². The molecular formula is C20H23N3O. The van der Waals surface area contributed by atoms with Crippen LogP contribution in [0.3, 0.4) is 0 Å². The number of hydrogen-bond acceptors (Lipinski definition) is 3. The van der Waals surface area contributed by atoms with Crippen LogP contribution in [0.1, 0.15) is 20.3 Å². The summed E-state index contributed by atoms with van der Waals surface area (Å²) in [5.41, 5.74) is 10.4. The molecule has 0 saturated carbocycles. The van der Waals surface area contributed by atoms with Crippen LogP contribution in [0, 0.1) is 5.92 Å². The Bertz CT molecular complexity index is 808. The third kappa shape index (κ3) is 3.77. The zero-order valence-corrected chi connectivity index (χ0v) is 14.1. The van der Waals surface area contributed by atoms with Gasteiger partial charge in [-0.15, -0.1) is 0 Å². The molecule has 3 aromatic rings. The fourth-order valence-corrected chi connectivity index (χ4v) is 2.53. The lowest BCUT2D eigenvalue weighted by Gasteiger charge is -2.11. The van der Waals surface area contributed by atoms with Crippen LogP contribution >= 0.6 is 0 Å². The van der Waals surface area contributed by atoms with Gasteiger partial charge in [-0.25, -0.2) is 0 Å². The summed E-state index contributed by atoms with van der Waals surface area (Å²) < 4.78 is 5.97. The molecule has 0 radical (unpaired) electrons. The number of hydrogen-bond donors (Lipinski definition) is 2. The molecule has 0 aliphatic rings. The van der Waals surface area contributed by atoms with Crippen LogP contribution in [-0.4, -0.2) is 16.8 Å². The van der Waals surface area contributed by atoms with Crippen molar-refractivity contribution in [3.63, 3.8) is 0 Å². The van der Waals surface area contributed by atoms with Crippen molar-refractivity contribution in [2.45, 2.75) is 20.3 Å². The molecule has 0 saturated heterocycles. The Hall–Kier alpha value is -2.75. The van der Waals surface area contributed by atoms with Crippen molar-refractivity contribution in [3.05, 3.63) is 54.6 Å². The molecule has 3 N–H and O–H groups in total. The first kappa shape index (κ1) is 16.1. The number of nitrogens with zero attached hydrogens (tertiary/aromatic N) is 1. The molecule has 0 amide bonds. The van der Waals surface area contributed by atoms with E-state index < -0.39 is 0 Å². The predicted octanol–water partition coefficient (Wildman–Crippen LogP) is 4.75. The quantitative estimate of drug-likeness (QED) is 0.644. The Morgan fingerprint density at radius 1 is 1.08 bits per heavy atom. The third-order valence-electron chi connectivity index (χ3n) is 3.89. The van der Waals surface area contributed by atoms with Crippen LogP contribution < -0.4 is 10.5 Å². The highest BCUT2D eigenvalue weighted by atomic mass is 16.5. The fourth-order valence-electron chi connectivity index (χ4n) is 2.53. The summed E-state index contributed by atoms with van der Waals surface area (Å²) in [6.45, 7) is 5.11. The average Bonchev–Trinajstić information content (AvgIpc) is 3.05. The maximum absolute atomic E-state index is 5.97. The molecule has 3 rings (SSSR count). The number of H-pyrrole nitrogens is 1. The standard InChI is InChI=1S/C20H23N3O/c1-14(2)10-11-24-20-9-4-3-8-17(20)19-13-18(22-23-19)15-6-5-7-16(21)12-15/h3-9,12-14H,10-11,21H2,1-2H3,(H,22,23). The first-order valence-corrected chi connectivity index (χ1v) is 8.27. The van der Waals surface area contributed by atoms with Crippen molar-refractivity contribution >= 4 is 5.69 Å². The highest BCUT2D eigenvalue weighted by Gasteiger charge is 2.11. The Balaban J connectivity index is 1.85. The van der Waals surface area contributed by atoms with E-state index in [1.807, 2.05) is 54.6 Å². The number of nitrogens with one attached hydrogen (secondary N) is 1. The number of para-hydroxylation sites is 1. The maximum atomic E-state index is 5.97. The van der Waals surface area contributed by atoms with Gasteiger partial charge >= 0.3 is 0 Å². The molecule has 0 spiro atoms. The number of rotatable bonds is 6. The summed E-state index contributed by atoms with van der Waals surface area (Å²) in [5.74, 6) is 1.50. The van der Waals surface area contributed by atoms with Gasteiger partial charge in [-0.3, -0.25) is 5.10 Å². The van der Waals surface area contributed by atoms with Gasteiger partial charge in [0.05, 0.1) is 18.0 Å². The molecular weight excluding hydrogens is 298 g/mol. The predicted molar refractivity (Wildman–Crippen MR) is 98.8 cm³/mol. The lowest BCUT2D eigenvalue weighted by molar-refractivity contribution is 0.290. The second-order valence-corrected chi connectivity index (χ2v) is 6.32. The minimum absolute atomic E-state index is 0.624. The van der Waals surface area contributed by atoms with Gasteiger partial charge in [0, 0.05) is 16.8 Å². The molecule has 0 bridgehead atoms. The maximum Gasteiger partial charge on any atom is 0.128 e. The molecule has 0 aliphatic heterocycles. The first-order valence-electron chi connectivity index (χ1n) is 8.27. The van der Waals surface area contributed by atoms with Gasteiger partial charge in [0.2, 0.25) is 0 Å². The van der Waals surface area contributed by atoms with Gasteiger partial charge in [0.1, 0.15) is 5.75 Å². The van der Waals surface area contributed by atoms with Crippen LogP contribution in [0.15, 0.2) is 54.6 Å². The summed E-state index contributed by atoms with van der Waals surface area (Å²) in [6.07, 6.45) is 1.03. The molecule has 2 aromatic carbocycles. The summed E-state index contributed by atoms with van der Waals surface area (Å²) in [5, 5.41) is 7.53. The average molecular weight is 321 g/mol. The second-order valence-electron chi connectivity index (χ2n) is 6.32. The van der Waals surface area contributed by atoms with Crippen LogP contribution in [0.4, 0.5) is 5.69 Å². The van der Waals surface area contributed by atoms with Gasteiger partial charge in [-0.2, -0.15) is 5.10 Å². The normalized spacial score (nSPS) is 11.0. The summed E-state index contributed by atoms with van der Waals surface area (Å²) in [4.78, 5) is 0. The largest absolute Gasteiger partial charge is 0.493 e. The van der Waals surface area contributed by atoms with Crippen molar-refractivity contribution in [1.82, 2.24) is 10.2 Å². The Labute approximate surface area is 142 Å². The van der Waals surface area contributed by atoms with Crippen molar-refractivity contribution in [2.24, 2.45) is 5.92 Å². The van der Waals surface area contributed by atoms with Gasteiger partial charge < -0.3 is 10.5 Å². The molecule has 0 atom stereocenters. The monoisotopic (exact) mass is 321 g/mol. The SMILES string of the molecule is CC(C)CCOc1ccccc1-c1cc(-c2cccc(N)c2)n[nH]1.